The van der Waals surface area contributed by atoms with Gasteiger partial charge in [-0.05, 0) is 39.1 Å². The largest absolute Gasteiger partial charge is 0.474 e. The number of nitrogens with zero attached hydrogens (tertiary/aromatic N) is 4. The monoisotopic (exact) mass is 465 g/mol. The van der Waals surface area contributed by atoms with E-state index in [0.717, 1.165) is 37.8 Å². The van der Waals surface area contributed by atoms with Crippen LogP contribution in [0.1, 0.15) is 42.8 Å². The molecule has 1 unspecified atom stereocenters. The standard InChI is InChI=1S/C18H22F3N5O2S.ClH/c1-17(27,10-28-13-5-8-23-15(25-13)18(19,20)21)12-9-24-16(29-2)26-14(12)11-3-6-22-7-4-11;/h5,8-9,11,22,27H,3-4,6-7,10H2,1-2H3;1H. The van der Waals surface area contributed by atoms with E-state index in [-0.39, 0.29) is 30.8 Å². The summed E-state index contributed by atoms with van der Waals surface area (Å²) >= 11 is 1.41. The van der Waals surface area contributed by atoms with Crippen molar-refractivity contribution in [1.29, 1.82) is 0 Å². The van der Waals surface area contributed by atoms with Crippen LogP contribution in [0, 0.1) is 0 Å². The summed E-state index contributed by atoms with van der Waals surface area (Å²) in [4.78, 5) is 15.5. The molecule has 1 fully saturated rings. The van der Waals surface area contributed by atoms with Crippen molar-refractivity contribution < 1.29 is 23.0 Å². The minimum Gasteiger partial charge on any atom is -0.474 e. The maximum atomic E-state index is 12.8. The number of ether oxygens (including phenoxy) is 1. The maximum absolute atomic E-state index is 12.8. The first-order valence-corrected chi connectivity index (χ1v) is 10.3. The van der Waals surface area contributed by atoms with E-state index in [1.165, 1.54) is 24.8 Å². The summed E-state index contributed by atoms with van der Waals surface area (Å²) in [7, 11) is 0. The van der Waals surface area contributed by atoms with E-state index < -0.39 is 17.6 Å². The van der Waals surface area contributed by atoms with Crippen molar-refractivity contribution in [3.05, 3.63) is 35.5 Å². The summed E-state index contributed by atoms with van der Waals surface area (Å²) in [5, 5.41) is 15.0. The molecular formula is C18H23ClF3N5O2S. The maximum Gasteiger partial charge on any atom is 0.451 e. The minimum absolute atomic E-state index is 0. The molecule has 2 aromatic heterocycles. The number of aliphatic hydroxyl groups is 1. The van der Waals surface area contributed by atoms with Gasteiger partial charge in [-0.1, -0.05) is 11.8 Å². The predicted molar refractivity (Wildman–Crippen MR) is 108 cm³/mol. The van der Waals surface area contributed by atoms with Crippen molar-refractivity contribution in [2.45, 2.75) is 42.6 Å². The Labute approximate surface area is 182 Å². The number of alkyl halides is 3. The molecule has 0 aromatic carbocycles. The van der Waals surface area contributed by atoms with Crippen molar-refractivity contribution in [2.24, 2.45) is 0 Å². The summed E-state index contributed by atoms with van der Waals surface area (Å²) in [6.07, 6.45) is 1.48. The molecule has 30 heavy (non-hydrogen) atoms. The molecule has 3 rings (SSSR count). The third-order valence-corrected chi connectivity index (χ3v) is 5.23. The van der Waals surface area contributed by atoms with Gasteiger partial charge in [-0.25, -0.2) is 15.0 Å². The average Bonchev–Trinajstić information content (AvgIpc) is 2.72. The Morgan fingerprint density at radius 3 is 2.57 bits per heavy atom. The first-order chi connectivity index (χ1) is 13.7. The van der Waals surface area contributed by atoms with Crippen LogP contribution in [0.4, 0.5) is 13.2 Å². The summed E-state index contributed by atoms with van der Waals surface area (Å²) in [5.74, 6) is -1.40. The van der Waals surface area contributed by atoms with Gasteiger partial charge in [0, 0.05) is 29.9 Å². The van der Waals surface area contributed by atoms with Crippen LogP contribution in [0.5, 0.6) is 5.88 Å². The summed E-state index contributed by atoms with van der Waals surface area (Å²) in [6, 6.07) is 1.21. The zero-order valence-electron chi connectivity index (χ0n) is 16.4. The van der Waals surface area contributed by atoms with Gasteiger partial charge in [-0.2, -0.15) is 18.2 Å². The number of rotatable bonds is 6. The minimum atomic E-state index is -4.68. The lowest BCUT2D eigenvalue weighted by Gasteiger charge is -2.30. The fourth-order valence-electron chi connectivity index (χ4n) is 3.15. The molecule has 0 saturated carbocycles. The number of halogens is 4. The molecular weight excluding hydrogens is 443 g/mol. The van der Waals surface area contributed by atoms with Gasteiger partial charge >= 0.3 is 6.18 Å². The van der Waals surface area contributed by atoms with Crippen LogP contribution in [0.25, 0.3) is 0 Å². The molecule has 2 N–H and O–H groups in total. The van der Waals surface area contributed by atoms with Crippen LogP contribution >= 0.6 is 24.2 Å². The zero-order chi connectivity index (χ0) is 21.1. The molecule has 1 aliphatic heterocycles. The van der Waals surface area contributed by atoms with Crippen molar-refractivity contribution in [3.63, 3.8) is 0 Å². The first-order valence-electron chi connectivity index (χ1n) is 9.08. The fraction of sp³-hybridized carbons (Fsp3) is 0.556. The van der Waals surface area contributed by atoms with Gasteiger partial charge in [-0.15, -0.1) is 12.4 Å². The SMILES string of the molecule is CSc1ncc(C(C)(O)COc2ccnc(C(F)(F)F)n2)c(C2CCNCC2)n1.Cl. The van der Waals surface area contributed by atoms with Gasteiger partial charge < -0.3 is 15.2 Å². The molecule has 0 amide bonds. The Balaban J connectivity index is 0.00000320. The third-order valence-electron chi connectivity index (χ3n) is 4.67. The van der Waals surface area contributed by atoms with E-state index in [4.69, 9.17) is 4.74 Å². The second-order valence-corrected chi connectivity index (χ2v) is 7.73. The molecule has 1 saturated heterocycles. The van der Waals surface area contributed by atoms with E-state index in [1.54, 1.807) is 6.20 Å². The normalized spacial score (nSPS) is 17.1. The highest BCUT2D eigenvalue weighted by Crippen LogP contribution is 2.34. The second-order valence-electron chi connectivity index (χ2n) is 6.96. The molecule has 0 radical (unpaired) electrons. The Morgan fingerprint density at radius 2 is 1.93 bits per heavy atom. The van der Waals surface area contributed by atoms with Gasteiger partial charge in [0.15, 0.2) is 5.16 Å². The third kappa shape index (κ3) is 5.93. The lowest BCUT2D eigenvalue weighted by Crippen LogP contribution is -2.34. The van der Waals surface area contributed by atoms with Gasteiger partial charge in [0.1, 0.15) is 12.2 Å². The van der Waals surface area contributed by atoms with Crippen molar-refractivity contribution >= 4 is 24.2 Å². The highest BCUT2D eigenvalue weighted by Gasteiger charge is 2.36. The van der Waals surface area contributed by atoms with Crippen LogP contribution in [-0.4, -0.2) is 51.0 Å². The van der Waals surface area contributed by atoms with Crippen LogP contribution in [0.3, 0.4) is 0 Å². The fourth-order valence-corrected chi connectivity index (χ4v) is 3.50. The van der Waals surface area contributed by atoms with E-state index in [9.17, 15) is 18.3 Å². The van der Waals surface area contributed by atoms with Gasteiger partial charge in [0.2, 0.25) is 11.7 Å². The van der Waals surface area contributed by atoms with Crippen LogP contribution in [0.2, 0.25) is 0 Å². The van der Waals surface area contributed by atoms with E-state index in [2.05, 4.69) is 25.3 Å². The smallest absolute Gasteiger partial charge is 0.451 e. The summed E-state index contributed by atoms with van der Waals surface area (Å²) < 4.78 is 43.7. The molecule has 3 heterocycles. The highest BCUT2D eigenvalue weighted by molar-refractivity contribution is 7.98. The topological polar surface area (TPSA) is 93.1 Å². The molecule has 0 aliphatic carbocycles. The van der Waals surface area contributed by atoms with Crippen molar-refractivity contribution in [1.82, 2.24) is 25.3 Å². The lowest BCUT2D eigenvalue weighted by molar-refractivity contribution is -0.145. The molecule has 1 atom stereocenters. The average molecular weight is 466 g/mol. The zero-order valence-corrected chi connectivity index (χ0v) is 18.1. The first kappa shape index (κ1) is 24.6. The quantitative estimate of drug-likeness (QED) is 0.496. The van der Waals surface area contributed by atoms with Crippen LogP contribution in [-0.2, 0) is 11.8 Å². The summed E-state index contributed by atoms with van der Waals surface area (Å²) in [5.41, 5.74) is -0.258. The predicted octanol–water partition coefficient (Wildman–Crippen LogP) is 3.18. The number of nitrogens with one attached hydrogen (secondary N) is 1. The molecule has 7 nitrogen and oxygen atoms in total. The van der Waals surface area contributed by atoms with Crippen molar-refractivity contribution in [3.8, 4) is 5.88 Å². The van der Waals surface area contributed by atoms with Gasteiger partial charge in [0.25, 0.3) is 0 Å². The highest BCUT2D eigenvalue weighted by atomic mass is 35.5. The molecule has 0 spiro atoms. The van der Waals surface area contributed by atoms with E-state index in [0.29, 0.717) is 10.7 Å². The Morgan fingerprint density at radius 1 is 1.23 bits per heavy atom. The van der Waals surface area contributed by atoms with E-state index >= 15 is 0 Å². The second kappa shape index (κ2) is 10.1. The van der Waals surface area contributed by atoms with Crippen molar-refractivity contribution in [2.75, 3.05) is 26.0 Å². The number of thioether (sulfide) groups is 1. The van der Waals surface area contributed by atoms with Crippen LogP contribution < -0.4 is 10.1 Å². The molecule has 2 aromatic rings. The number of hydrogen-bond donors (Lipinski definition) is 2. The number of piperidine rings is 1. The van der Waals surface area contributed by atoms with Gasteiger partial charge in [-0.3, -0.25) is 0 Å². The Kier molecular flexibility index (Phi) is 8.26. The number of aromatic nitrogens is 4. The molecule has 1 aliphatic rings. The molecule has 12 heteroatoms. The Hall–Kier alpha value is -1.69. The van der Waals surface area contributed by atoms with E-state index in [1.807, 2.05) is 6.26 Å². The van der Waals surface area contributed by atoms with Gasteiger partial charge in [0.05, 0.1) is 5.69 Å². The lowest BCUT2D eigenvalue weighted by atomic mass is 9.86. The van der Waals surface area contributed by atoms with Crippen LogP contribution in [0.15, 0.2) is 23.6 Å². The molecule has 166 valence electrons. The Bertz CT molecular complexity index is 851. The summed E-state index contributed by atoms with van der Waals surface area (Å²) in [6.45, 7) is 2.92. The molecule has 0 bridgehead atoms. The number of hydrogen-bond acceptors (Lipinski definition) is 8.